The molecule has 0 aliphatic carbocycles. The molecule has 0 aromatic heterocycles. The van der Waals surface area contributed by atoms with Crippen molar-refractivity contribution >= 4 is 17.7 Å². The highest BCUT2D eigenvalue weighted by atomic mass is 16.4. The van der Waals surface area contributed by atoms with Crippen molar-refractivity contribution in [2.45, 2.75) is 20.3 Å². The highest BCUT2D eigenvalue weighted by Gasteiger charge is 2.15. The van der Waals surface area contributed by atoms with E-state index in [-0.39, 0.29) is 11.6 Å². The number of rotatable bonds is 6. The van der Waals surface area contributed by atoms with E-state index in [1.54, 1.807) is 30.0 Å². The van der Waals surface area contributed by atoms with Gasteiger partial charge in [-0.15, -0.1) is 6.58 Å². The molecule has 1 rings (SSSR count). The Bertz CT molecular complexity index is 512. The number of carboxylic acid groups (broad SMARTS) is 1. The molecule has 0 aliphatic heterocycles. The Balaban J connectivity index is 2.92. The molecule has 0 unspecified atom stereocenters. The van der Waals surface area contributed by atoms with Crippen LogP contribution in [0.3, 0.4) is 0 Å². The number of nitrogens with zero attached hydrogens (tertiary/aromatic N) is 1. The van der Waals surface area contributed by atoms with Crippen LogP contribution in [-0.4, -0.2) is 35.1 Å². The van der Waals surface area contributed by atoms with Crippen molar-refractivity contribution in [3.8, 4) is 0 Å². The molecule has 5 nitrogen and oxygen atoms in total. The summed E-state index contributed by atoms with van der Waals surface area (Å²) in [4.78, 5) is 24.8. The second-order valence-corrected chi connectivity index (χ2v) is 4.45. The normalized spacial score (nSPS) is 9.90. The van der Waals surface area contributed by atoms with Gasteiger partial charge in [0.25, 0.3) is 0 Å². The van der Waals surface area contributed by atoms with Gasteiger partial charge < -0.3 is 15.3 Å². The van der Waals surface area contributed by atoms with E-state index < -0.39 is 5.97 Å². The van der Waals surface area contributed by atoms with Gasteiger partial charge in [0.15, 0.2) is 0 Å². The van der Waals surface area contributed by atoms with E-state index in [1.807, 2.05) is 6.92 Å². The SMILES string of the molecule is C=CCN(CCC)C(=O)Nc1cccc(C(=O)O)c1C. The Morgan fingerprint density at radius 3 is 2.70 bits per heavy atom. The average molecular weight is 276 g/mol. The minimum atomic E-state index is -1.00. The van der Waals surface area contributed by atoms with E-state index in [0.29, 0.717) is 24.3 Å². The Hall–Kier alpha value is -2.30. The Kier molecular flexibility index (Phi) is 5.77. The Morgan fingerprint density at radius 2 is 2.15 bits per heavy atom. The number of carbonyl (C=O) groups is 2. The molecule has 0 heterocycles. The summed E-state index contributed by atoms with van der Waals surface area (Å²) in [5.74, 6) is -1.00. The third-order valence-electron chi connectivity index (χ3n) is 2.94. The first-order valence-corrected chi connectivity index (χ1v) is 6.51. The second-order valence-electron chi connectivity index (χ2n) is 4.45. The van der Waals surface area contributed by atoms with Gasteiger partial charge in [0.1, 0.15) is 0 Å². The van der Waals surface area contributed by atoms with Gasteiger partial charge in [0.2, 0.25) is 0 Å². The van der Waals surface area contributed by atoms with Crippen LogP contribution >= 0.6 is 0 Å². The summed E-state index contributed by atoms with van der Waals surface area (Å²) < 4.78 is 0. The molecule has 0 spiro atoms. The van der Waals surface area contributed by atoms with Crippen molar-refractivity contribution in [3.05, 3.63) is 42.0 Å². The fraction of sp³-hybridized carbons (Fsp3) is 0.333. The monoisotopic (exact) mass is 276 g/mol. The van der Waals surface area contributed by atoms with Crippen LogP contribution in [0.15, 0.2) is 30.9 Å². The third kappa shape index (κ3) is 3.85. The maximum Gasteiger partial charge on any atom is 0.336 e. The fourth-order valence-corrected chi connectivity index (χ4v) is 1.90. The molecule has 2 N–H and O–H groups in total. The summed E-state index contributed by atoms with van der Waals surface area (Å²) >= 11 is 0. The van der Waals surface area contributed by atoms with Crippen LogP contribution in [0.4, 0.5) is 10.5 Å². The lowest BCUT2D eigenvalue weighted by molar-refractivity contribution is 0.0696. The number of nitrogens with one attached hydrogen (secondary N) is 1. The lowest BCUT2D eigenvalue weighted by atomic mass is 10.1. The van der Waals surface area contributed by atoms with Gasteiger partial charge in [0, 0.05) is 18.8 Å². The van der Waals surface area contributed by atoms with Gasteiger partial charge in [-0.25, -0.2) is 9.59 Å². The molecule has 108 valence electrons. The summed E-state index contributed by atoms with van der Waals surface area (Å²) in [5, 5.41) is 11.8. The van der Waals surface area contributed by atoms with Gasteiger partial charge in [-0.2, -0.15) is 0 Å². The smallest absolute Gasteiger partial charge is 0.336 e. The van der Waals surface area contributed by atoms with Gasteiger partial charge in [0.05, 0.1) is 5.56 Å². The molecule has 1 aromatic carbocycles. The van der Waals surface area contributed by atoms with E-state index in [9.17, 15) is 9.59 Å². The van der Waals surface area contributed by atoms with Crippen molar-refractivity contribution in [1.82, 2.24) is 4.90 Å². The molecule has 0 saturated heterocycles. The fourth-order valence-electron chi connectivity index (χ4n) is 1.90. The Labute approximate surface area is 118 Å². The first-order valence-electron chi connectivity index (χ1n) is 6.51. The number of amides is 2. The van der Waals surface area contributed by atoms with E-state index in [1.165, 1.54) is 6.07 Å². The van der Waals surface area contributed by atoms with E-state index in [4.69, 9.17) is 5.11 Å². The highest BCUT2D eigenvalue weighted by molar-refractivity contribution is 5.95. The molecule has 0 bridgehead atoms. The van der Waals surface area contributed by atoms with Crippen molar-refractivity contribution in [3.63, 3.8) is 0 Å². The molecule has 0 saturated carbocycles. The molecule has 2 amide bonds. The number of carboxylic acids is 1. The van der Waals surface area contributed by atoms with Crippen LogP contribution in [0.1, 0.15) is 29.3 Å². The molecule has 0 radical (unpaired) electrons. The first-order chi connectivity index (χ1) is 9.51. The summed E-state index contributed by atoms with van der Waals surface area (Å²) in [5.41, 5.74) is 1.25. The number of hydrogen-bond donors (Lipinski definition) is 2. The maximum absolute atomic E-state index is 12.1. The topological polar surface area (TPSA) is 69.6 Å². The molecule has 0 atom stereocenters. The summed E-state index contributed by atoms with van der Waals surface area (Å²) in [6, 6.07) is 4.57. The molecule has 0 fully saturated rings. The number of aromatic carboxylic acids is 1. The number of carbonyl (C=O) groups excluding carboxylic acids is 1. The number of urea groups is 1. The standard InChI is InChI=1S/C15H20N2O3/c1-4-9-17(10-5-2)15(20)16-13-8-6-7-12(11(13)3)14(18)19/h4,6-8H,1,5,9-10H2,2-3H3,(H,16,20)(H,18,19). The van der Waals surface area contributed by atoms with E-state index in [0.717, 1.165) is 6.42 Å². The Morgan fingerprint density at radius 1 is 1.45 bits per heavy atom. The predicted molar refractivity (Wildman–Crippen MR) is 79.2 cm³/mol. The number of hydrogen-bond acceptors (Lipinski definition) is 2. The zero-order valence-corrected chi connectivity index (χ0v) is 11.8. The molecule has 20 heavy (non-hydrogen) atoms. The summed E-state index contributed by atoms with van der Waals surface area (Å²) in [7, 11) is 0. The largest absolute Gasteiger partial charge is 0.478 e. The van der Waals surface area contributed by atoms with Crippen molar-refractivity contribution in [2.75, 3.05) is 18.4 Å². The minimum Gasteiger partial charge on any atom is -0.478 e. The molecule has 5 heteroatoms. The van der Waals surface area contributed by atoms with Crippen molar-refractivity contribution in [1.29, 1.82) is 0 Å². The predicted octanol–water partition coefficient (Wildman–Crippen LogP) is 3.12. The molecular formula is C15H20N2O3. The van der Waals surface area contributed by atoms with E-state index in [2.05, 4.69) is 11.9 Å². The highest BCUT2D eigenvalue weighted by Crippen LogP contribution is 2.19. The number of benzene rings is 1. The minimum absolute atomic E-state index is 0.188. The lowest BCUT2D eigenvalue weighted by Gasteiger charge is -2.21. The summed E-state index contributed by atoms with van der Waals surface area (Å²) in [6.45, 7) is 8.37. The van der Waals surface area contributed by atoms with Crippen LogP contribution < -0.4 is 5.32 Å². The van der Waals surface area contributed by atoms with E-state index >= 15 is 0 Å². The average Bonchev–Trinajstić information content (AvgIpc) is 2.40. The quantitative estimate of drug-likeness (QED) is 0.784. The lowest BCUT2D eigenvalue weighted by Crippen LogP contribution is -2.35. The maximum atomic E-state index is 12.1. The first kappa shape index (κ1) is 15.8. The van der Waals surface area contributed by atoms with Crippen LogP contribution in [0.2, 0.25) is 0 Å². The number of anilines is 1. The van der Waals surface area contributed by atoms with Gasteiger partial charge in [-0.1, -0.05) is 19.1 Å². The molecule has 1 aromatic rings. The molecule has 0 aliphatic rings. The second kappa shape index (κ2) is 7.33. The van der Waals surface area contributed by atoms with Crippen LogP contribution in [-0.2, 0) is 0 Å². The van der Waals surface area contributed by atoms with Crippen molar-refractivity contribution in [2.24, 2.45) is 0 Å². The van der Waals surface area contributed by atoms with Gasteiger partial charge in [-0.05, 0) is 31.0 Å². The van der Waals surface area contributed by atoms with Gasteiger partial charge in [-0.3, -0.25) is 0 Å². The van der Waals surface area contributed by atoms with Crippen LogP contribution in [0.5, 0.6) is 0 Å². The van der Waals surface area contributed by atoms with Crippen LogP contribution in [0, 0.1) is 6.92 Å². The molecular weight excluding hydrogens is 256 g/mol. The van der Waals surface area contributed by atoms with Gasteiger partial charge >= 0.3 is 12.0 Å². The zero-order chi connectivity index (χ0) is 15.1. The van der Waals surface area contributed by atoms with Crippen LogP contribution in [0.25, 0.3) is 0 Å². The summed E-state index contributed by atoms with van der Waals surface area (Å²) in [6.07, 6.45) is 2.51. The third-order valence-corrected chi connectivity index (χ3v) is 2.94. The zero-order valence-electron chi connectivity index (χ0n) is 11.8. The van der Waals surface area contributed by atoms with Crippen molar-refractivity contribution < 1.29 is 14.7 Å².